The molecule has 1 heterocycles. The van der Waals surface area contributed by atoms with Crippen LogP contribution in [0.15, 0.2) is 11.6 Å². The molecular weight excluding hydrogens is 192 g/mol. The van der Waals surface area contributed by atoms with Crippen LogP contribution in [-0.2, 0) is 0 Å². The van der Waals surface area contributed by atoms with E-state index in [1.54, 1.807) is 11.3 Å². The van der Waals surface area contributed by atoms with Gasteiger partial charge in [0.15, 0.2) is 0 Å². The zero-order valence-corrected chi connectivity index (χ0v) is 9.90. The maximum absolute atomic E-state index is 4.33. The lowest BCUT2D eigenvalue weighted by molar-refractivity contribution is 0.350. The van der Waals surface area contributed by atoms with Gasteiger partial charge in [0.2, 0.25) is 0 Å². The van der Waals surface area contributed by atoms with Gasteiger partial charge in [-0.2, -0.15) is 0 Å². The number of nitrogens with one attached hydrogen (secondary N) is 1. The Kier molecular flexibility index (Phi) is 2.62. The van der Waals surface area contributed by atoms with E-state index in [9.17, 15) is 0 Å². The van der Waals surface area contributed by atoms with Crippen LogP contribution < -0.4 is 5.32 Å². The van der Waals surface area contributed by atoms with Gasteiger partial charge in [-0.1, -0.05) is 6.92 Å². The van der Waals surface area contributed by atoms with Crippen LogP contribution in [-0.4, -0.2) is 11.0 Å². The first kappa shape index (κ1) is 10.1. The molecule has 0 amide bonds. The lowest BCUT2D eigenvalue weighted by Crippen LogP contribution is -2.35. The fraction of sp³-hybridized carbons (Fsp3) is 0.727. The van der Waals surface area contributed by atoms with Gasteiger partial charge >= 0.3 is 0 Å². The van der Waals surface area contributed by atoms with Crippen molar-refractivity contribution in [1.82, 2.24) is 10.3 Å². The van der Waals surface area contributed by atoms with E-state index in [1.165, 1.54) is 17.8 Å². The minimum atomic E-state index is 0.391. The molecule has 1 fully saturated rings. The van der Waals surface area contributed by atoms with Crippen molar-refractivity contribution in [2.45, 2.75) is 45.7 Å². The lowest BCUT2D eigenvalue weighted by atomic mass is 10.0. The molecule has 1 aromatic rings. The minimum absolute atomic E-state index is 0.391. The zero-order valence-electron chi connectivity index (χ0n) is 9.08. The summed E-state index contributed by atoms with van der Waals surface area (Å²) in [4.78, 5) is 4.33. The number of rotatable bonds is 4. The molecular formula is C11H18N2S. The summed E-state index contributed by atoms with van der Waals surface area (Å²) >= 11 is 1.73. The number of aromatic nitrogens is 1. The second-order valence-electron chi connectivity index (χ2n) is 4.63. The second-order valence-corrected chi connectivity index (χ2v) is 5.56. The van der Waals surface area contributed by atoms with E-state index in [2.05, 4.69) is 31.1 Å². The molecule has 14 heavy (non-hydrogen) atoms. The highest BCUT2D eigenvalue weighted by molar-refractivity contribution is 7.09. The third-order valence-corrected chi connectivity index (χ3v) is 4.36. The van der Waals surface area contributed by atoms with Gasteiger partial charge in [0.05, 0.1) is 6.04 Å². The molecule has 3 heteroatoms. The quantitative estimate of drug-likeness (QED) is 0.826. The number of hydrogen-bond acceptors (Lipinski definition) is 3. The van der Waals surface area contributed by atoms with E-state index < -0.39 is 0 Å². The molecule has 2 rings (SSSR count). The first-order valence-corrected chi connectivity index (χ1v) is 6.15. The summed E-state index contributed by atoms with van der Waals surface area (Å²) in [6.07, 6.45) is 4.61. The summed E-state index contributed by atoms with van der Waals surface area (Å²) < 4.78 is 0. The molecule has 0 spiro atoms. The fourth-order valence-corrected chi connectivity index (χ4v) is 2.38. The Bertz CT molecular complexity index is 290. The largest absolute Gasteiger partial charge is 0.305 e. The van der Waals surface area contributed by atoms with Crippen molar-refractivity contribution in [3.8, 4) is 0 Å². The van der Waals surface area contributed by atoms with Crippen LogP contribution in [0.1, 0.15) is 44.7 Å². The standard InChI is InChI=1S/C11H18N2S/c1-8(10-12-6-7-14-10)13-9(2)11(3)4-5-11/h6-9,13H,4-5H2,1-3H3. The molecule has 1 aromatic heterocycles. The van der Waals surface area contributed by atoms with Crippen molar-refractivity contribution < 1.29 is 0 Å². The Morgan fingerprint density at radius 1 is 1.50 bits per heavy atom. The molecule has 0 bridgehead atoms. The molecule has 0 aliphatic heterocycles. The van der Waals surface area contributed by atoms with Crippen LogP contribution in [0.4, 0.5) is 0 Å². The van der Waals surface area contributed by atoms with E-state index in [0.717, 1.165) is 0 Å². The van der Waals surface area contributed by atoms with E-state index in [0.29, 0.717) is 17.5 Å². The number of hydrogen-bond donors (Lipinski definition) is 1. The highest BCUT2D eigenvalue weighted by atomic mass is 32.1. The molecule has 2 unspecified atom stereocenters. The average Bonchev–Trinajstić information content (AvgIpc) is 2.71. The molecule has 0 radical (unpaired) electrons. The van der Waals surface area contributed by atoms with Gasteiger partial charge in [-0.15, -0.1) is 11.3 Å². The maximum Gasteiger partial charge on any atom is 0.109 e. The van der Waals surface area contributed by atoms with Crippen molar-refractivity contribution >= 4 is 11.3 Å². The Morgan fingerprint density at radius 2 is 2.21 bits per heavy atom. The summed E-state index contributed by atoms with van der Waals surface area (Å²) in [5.74, 6) is 0. The highest BCUT2D eigenvalue weighted by Gasteiger charge is 2.42. The van der Waals surface area contributed by atoms with Gasteiger partial charge < -0.3 is 5.32 Å². The zero-order chi connectivity index (χ0) is 10.2. The minimum Gasteiger partial charge on any atom is -0.305 e. The van der Waals surface area contributed by atoms with Crippen LogP contribution in [0.2, 0.25) is 0 Å². The summed E-state index contributed by atoms with van der Waals surface area (Å²) in [6.45, 7) is 6.84. The van der Waals surface area contributed by atoms with Crippen molar-refractivity contribution in [1.29, 1.82) is 0 Å². The molecule has 0 saturated heterocycles. The van der Waals surface area contributed by atoms with Crippen LogP contribution in [0.25, 0.3) is 0 Å². The summed E-state index contributed by atoms with van der Waals surface area (Å²) in [6, 6.07) is 0.990. The van der Waals surface area contributed by atoms with Crippen molar-refractivity contribution in [2.24, 2.45) is 5.41 Å². The Hall–Kier alpha value is -0.410. The molecule has 78 valence electrons. The molecule has 1 aliphatic rings. The van der Waals surface area contributed by atoms with E-state index in [4.69, 9.17) is 0 Å². The summed E-state index contributed by atoms with van der Waals surface area (Å²) in [5, 5.41) is 6.87. The molecule has 2 nitrogen and oxygen atoms in total. The Labute approximate surface area is 89.8 Å². The predicted molar refractivity (Wildman–Crippen MR) is 60.5 cm³/mol. The first-order valence-electron chi connectivity index (χ1n) is 5.27. The van der Waals surface area contributed by atoms with Gasteiger partial charge in [0, 0.05) is 17.6 Å². The van der Waals surface area contributed by atoms with Crippen molar-refractivity contribution in [2.75, 3.05) is 0 Å². The molecule has 2 atom stereocenters. The van der Waals surface area contributed by atoms with Gasteiger partial charge in [-0.25, -0.2) is 4.98 Å². The average molecular weight is 210 g/mol. The normalized spacial score (nSPS) is 23.1. The van der Waals surface area contributed by atoms with Crippen molar-refractivity contribution in [3.05, 3.63) is 16.6 Å². The smallest absolute Gasteiger partial charge is 0.109 e. The molecule has 0 aromatic carbocycles. The highest BCUT2D eigenvalue weighted by Crippen LogP contribution is 2.48. The second kappa shape index (κ2) is 3.63. The topological polar surface area (TPSA) is 24.9 Å². The van der Waals surface area contributed by atoms with Gasteiger partial charge in [-0.05, 0) is 32.1 Å². The predicted octanol–water partition coefficient (Wildman–Crippen LogP) is 2.98. The summed E-state index contributed by atoms with van der Waals surface area (Å²) in [5.41, 5.74) is 0.547. The van der Waals surface area contributed by atoms with Gasteiger partial charge in [0.25, 0.3) is 0 Å². The van der Waals surface area contributed by atoms with E-state index in [-0.39, 0.29) is 0 Å². The first-order chi connectivity index (χ1) is 6.62. The molecule has 1 saturated carbocycles. The van der Waals surface area contributed by atoms with Gasteiger partial charge in [0.1, 0.15) is 5.01 Å². The van der Waals surface area contributed by atoms with Crippen LogP contribution >= 0.6 is 11.3 Å². The Morgan fingerprint density at radius 3 is 2.71 bits per heavy atom. The third kappa shape index (κ3) is 1.98. The van der Waals surface area contributed by atoms with Gasteiger partial charge in [-0.3, -0.25) is 0 Å². The number of thiazole rings is 1. The van der Waals surface area contributed by atoms with Crippen LogP contribution in [0, 0.1) is 5.41 Å². The van der Waals surface area contributed by atoms with Crippen molar-refractivity contribution in [3.63, 3.8) is 0 Å². The molecule has 1 aliphatic carbocycles. The third-order valence-electron chi connectivity index (χ3n) is 3.41. The van der Waals surface area contributed by atoms with E-state index >= 15 is 0 Å². The fourth-order valence-electron chi connectivity index (χ4n) is 1.73. The SMILES string of the molecule is CC(NC(C)C1(C)CC1)c1nccs1. The maximum atomic E-state index is 4.33. The van der Waals surface area contributed by atoms with E-state index in [1.807, 2.05) is 11.6 Å². The lowest BCUT2D eigenvalue weighted by Gasteiger charge is -2.23. The summed E-state index contributed by atoms with van der Waals surface area (Å²) in [7, 11) is 0. The molecule has 1 N–H and O–H groups in total. The monoisotopic (exact) mass is 210 g/mol. The Balaban J connectivity index is 1.91. The number of nitrogens with zero attached hydrogens (tertiary/aromatic N) is 1. The van der Waals surface area contributed by atoms with Crippen LogP contribution in [0.5, 0.6) is 0 Å². The van der Waals surface area contributed by atoms with Crippen LogP contribution in [0.3, 0.4) is 0 Å².